The molecule has 4 N–H and O–H groups in total. The second-order valence-corrected chi connectivity index (χ2v) is 7.41. The molecule has 0 aromatic heterocycles. The summed E-state index contributed by atoms with van der Waals surface area (Å²) in [6, 6.07) is 7.64. The van der Waals surface area contributed by atoms with Crippen molar-refractivity contribution in [2.45, 2.75) is 65.2 Å². The molecule has 1 aromatic rings. The number of para-hydroxylation sites is 1. The second kappa shape index (κ2) is 11.4. The molecule has 0 fully saturated rings. The average molecular weight is 379 g/mol. The first-order chi connectivity index (χ1) is 12.7. The van der Waals surface area contributed by atoms with Gasteiger partial charge >= 0.3 is 6.09 Å². The number of carbonyl (C=O) groups is 1. The van der Waals surface area contributed by atoms with Crippen LogP contribution >= 0.6 is 0 Å². The van der Waals surface area contributed by atoms with Gasteiger partial charge in [-0.3, -0.25) is 0 Å². The zero-order chi connectivity index (χ0) is 20.3. The Kier molecular flexibility index (Phi) is 9.64. The lowest BCUT2D eigenvalue weighted by Gasteiger charge is -2.21. The first-order valence-electron chi connectivity index (χ1n) is 9.39. The second-order valence-electron chi connectivity index (χ2n) is 7.41. The number of nitrogens with one attached hydrogen (secondary N) is 2. The molecule has 1 atom stereocenters. The van der Waals surface area contributed by atoms with Crippen molar-refractivity contribution in [2.75, 3.05) is 19.0 Å². The molecule has 0 saturated heterocycles. The van der Waals surface area contributed by atoms with Crippen LogP contribution in [0, 0.1) is 0 Å². The molecule has 1 unspecified atom stereocenters. The van der Waals surface area contributed by atoms with Crippen molar-refractivity contribution < 1.29 is 14.3 Å². The Balaban J connectivity index is 2.74. The molecule has 27 heavy (non-hydrogen) atoms. The molecule has 1 aromatic carbocycles. The van der Waals surface area contributed by atoms with Crippen LogP contribution in [0.4, 0.5) is 10.5 Å². The molecular formula is C20H34N4O3. The van der Waals surface area contributed by atoms with Gasteiger partial charge in [-0.1, -0.05) is 38.0 Å². The van der Waals surface area contributed by atoms with Crippen LogP contribution < -0.4 is 16.4 Å². The van der Waals surface area contributed by atoms with Crippen molar-refractivity contribution in [3.05, 3.63) is 29.8 Å². The third-order valence-electron chi connectivity index (χ3n) is 3.67. The fourth-order valence-electron chi connectivity index (χ4n) is 2.46. The first kappa shape index (κ1) is 22.8. The first-order valence-corrected chi connectivity index (χ1v) is 9.39. The van der Waals surface area contributed by atoms with Gasteiger partial charge in [0.15, 0.2) is 5.96 Å². The van der Waals surface area contributed by atoms with Gasteiger partial charge < -0.3 is 25.8 Å². The highest BCUT2D eigenvalue weighted by Crippen LogP contribution is 2.16. The fraction of sp³-hybridized carbons (Fsp3) is 0.600. The van der Waals surface area contributed by atoms with Crippen LogP contribution in [0.1, 0.15) is 52.5 Å². The number of amides is 1. The number of alkyl carbamates (subject to hydrolysis) is 1. The maximum atomic E-state index is 11.9. The van der Waals surface area contributed by atoms with E-state index in [1.807, 2.05) is 45.0 Å². The summed E-state index contributed by atoms with van der Waals surface area (Å²) in [5.41, 5.74) is 7.43. The maximum Gasteiger partial charge on any atom is 0.407 e. The van der Waals surface area contributed by atoms with E-state index in [2.05, 4.69) is 22.5 Å². The van der Waals surface area contributed by atoms with Gasteiger partial charge in [0.1, 0.15) is 5.60 Å². The summed E-state index contributed by atoms with van der Waals surface area (Å²) in [5, 5.41) is 5.91. The summed E-state index contributed by atoms with van der Waals surface area (Å²) in [4.78, 5) is 16.4. The highest BCUT2D eigenvalue weighted by Gasteiger charge is 2.17. The number of carbonyl (C=O) groups excluding carboxylic acids is 1. The minimum atomic E-state index is -0.530. The molecule has 0 aliphatic carbocycles. The van der Waals surface area contributed by atoms with Gasteiger partial charge in [0.05, 0.1) is 12.6 Å². The third kappa shape index (κ3) is 9.84. The van der Waals surface area contributed by atoms with Gasteiger partial charge in [-0.15, -0.1) is 0 Å². The predicted octanol–water partition coefficient (Wildman–Crippen LogP) is 3.64. The van der Waals surface area contributed by atoms with Crippen LogP contribution in [0.15, 0.2) is 29.3 Å². The Labute approximate surface area is 162 Å². The van der Waals surface area contributed by atoms with Crippen molar-refractivity contribution in [3.8, 4) is 0 Å². The molecular weight excluding hydrogens is 344 g/mol. The lowest BCUT2D eigenvalue weighted by Crippen LogP contribution is -2.37. The molecule has 152 valence electrons. The number of ether oxygens (including phenoxy) is 2. The van der Waals surface area contributed by atoms with E-state index in [4.69, 9.17) is 15.2 Å². The number of benzene rings is 1. The minimum Gasteiger partial charge on any atom is -0.444 e. The van der Waals surface area contributed by atoms with Gasteiger partial charge in [-0.2, -0.15) is 0 Å². The monoisotopic (exact) mass is 378 g/mol. The molecule has 1 amide bonds. The zero-order valence-electron chi connectivity index (χ0n) is 17.2. The zero-order valence-corrected chi connectivity index (χ0v) is 17.2. The van der Waals surface area contributed by atoms with Crippen LogP contribution in [0.25, 0.3) is 0 Å². The minimum absolute atomic E-state index is 0.125. The molecule has 0 aliphatic heterocycles. The summed E-state index contributed by atoms with van der Waals surface area (Å²) < 4.78 is 10.5. The molecule has 7 heteroatoms. The van der Waals surface area contributed by atoms with Crippen LogP contribution in [0.5, 0.6) is 0 Å². The number of aliphatic imine (C=N–C) groups is 1. The summed E-state index contributed by atoms with van der Waals surface area (Å²) >= 11 is 0. The van der Waals surface area contributed by atoms with Gasteiger partial charge in [0.25, 0.3) is 0 Å². The van der Waals surface area contributed by atoms with Crippen molar-refractivity contribution in [3.63, 3.8) is 0 Å². The SMILES string of the molecule is CCCCC(CNC(=O)OC(C)(C)C)N=C(N)Nc1ccccc1COC. The summed E-state index contributed by atoms with van der Waals surface area (Å²) in [7, 11) is 1.65. The van der Waals surface area contributed by atoms with E-state index in [1.54, 1.807) is 7.11 Å². The van der Waals surface area contributed by atoms with Gasteiger partial charge in [-0.05, 0) is 33.3 Å². The van der Waals surface area contributed by atoms with E-state index in [1.165, 1.54) is 0 Å². The number of hydrogen-bond acceptors (Lipinski definition) is 4. The topological polar surface area (TPSA) is 98.0 Å². The van der Waals surface area contributed by atoms with E-state index < -0.39 is 11.7 Å². The summed E-state index contributed by atoms with van der Waals surface area (Å²) in [6.07, 6.45) is 2.42. The maximum absolute atomic E-state index is 11.9. The van der Waals surface area contributed by atoms with E-state index in [0.717, 1.165) is 30.5 Å². The Morgan fingerprint density at radius 3 is 2.63 bits per heavy atom. The molecule has 1 rings (SSSR count). The number of nitrogens with zero attached hydrogens (tertiary/aromatic N) is 1. The molecule has 0 spiro atoms. The number of rotatable bonds is 9. The van der Waals surface area contributed by atoms with Gasteiger partial charge in [0, 0.05) is 24.9 Å². The van der Waals surface area contributed by atoms with Crippen LogP contribution in [-0.2, 0) is 16.1 Å². The molecule has 7 nitrogen and oxygen atoms in total. The third-order valence-corrected chi connectivity index (χ3v) is 3.67. The molecule has 0 bridgehead atoms. The number of unbranched alkanes of at least 4 members (excludes halogenated alkanes) is 1. The number of guanidine groups is 1. The quantitative estimate of drug-likeness (QED) is 0.450. The Hall–Kier alpha value is -2.28. The summed E-state index contributed by atoms with van der Waals surface area (Å²) in [6.45, 7) is 8.47. The van der Waals surface area contributed by atoms with E-state index >= 15 is 0 Å². The summed E-state index contributed by atoms with van der Waals surface area (Å²) in [5.74, 6) is 0.311. The standard InChI is InChI=1S/C20H34N4O3/c1-6-7-11-16(13-22-19(25)27-20(2,3)4)23-18(21)24-17-12-9-8-10-15(17)14-26-5/h8-10,12,16H,6-7,11,13-14H2,1-5H3,(H,22,25)(H3,21,23,24). The number of methoxy groups -OCH3 is 1. The highest BCUT2D eigenvalue weighted by atomic mass is 16.6. The Morgan fingerprint density at radius 1 is 1.30 bits per heavy atom. The van der Waals surface area contributed by atoms with Crippen LogP contribution in [-0.4, -0.2) is 37.4 Å². The molecule has 0 radical (unpaired) electrons. The fourth-order valence-corrected chi connectivity index (χ4v) is 2.46. The highest BCUT2D eigenvalue weighted by molar-refractivity contribution is 5.93. The normalized spacial score (nSPS) is 13.1. The average Bonchev–Trinajstić information content (AvgIpc) is 2.57. The van der Waals surface area contributed by atoms with Crippen LogP contribution in [0.3, 0.4) is 0 Å². The lowest BCUT2D eigenvalue weighted by atomic mass is 10.1. The number of hydrogen-bond donors (Lipinski definition) is 3. The lowest BCUT2D eigenvalue weighted by molar-refractivity contribution is 0.0524. The molecule has 0 saturated carbocycles. The Bertz CT molecular complexity index is 611. The molecule has 0 aliphatic rings. The number of anilines is 1. The van der Waals surface area contributed by atoms with Gasteiger partial charge in [-0.25, -0.2) is 9.79 Å². The van der Waals surface area contributed by atoms with E-state index in [0.29, 0.717) is 19.1 Å². The number of nitrogens with two attached hydrogens (primary N) is 1. The molecule has 0 heterocycles. The Morgan fingerprint density at radius 2 is 2.00 bits per heavy atom. The smallest absolute Gasteiger partial charge is 0.407 e. The van der Waals surface area contributed by atoms with Crippen LogP contribution in [0.2, 0.25) is 0 Å². The predicted molar refractivity (Wildman–Crippen MR) is 110 cm³/mol. The van der Waals surface area contributed by atoms with Crippen molar-refractivity contribution in [1.82, 2.24) is 5.32 Å². The largest absolute Gasteiger partial charge is 0.444 e. The van der Waals surface area contributed by atoms with E-state index in [9.17, 15) is 4.79 Å². The van der Waals surface area contributed by atoms with Crippen molar-refractivity contribution in [1.29, 1.82) is 0 Å². The van der Waals surface area contributed by atoms with E-state index in [-0.39, 0.29) is 6.04 Å². The van der Waals surface area contributed by atoms with Crippen molar-refractivity contribution >= 4 is 17.7 Å². The van der Waals surface area contributed by atoms with Crippen molar-refractivity contribution in [2.24, 2.45) is 10.7 Å². The van der Waals surface area contributed by atoms with Gasteiger partial charge in [0.2, 0.25) is 0 Å².